The van der Waals surface area contributed by atoms with E-state index in [1.54, 1.807) is 13.8 Å². The second-order valence-electron chi connectivity index (χ2n) is 7.27. The molecule has 3 rings (SSSR count). The maximum Gasteiger partial charge on any atom is 0.438 e. The van der Waals surface area contributed by atoms with E-state index in [-0.39, 0.29) is 16.3 Å². The lowest BCUT2D eigenvalue weighted by molar-refractivity contribution is -0.302. The third-order valence-electron chi connectivity index (χ3n) is 4.80. The quantitative estimate of drug-likeness (QED) is 0.755. The number of hydrogen-bond donors (Lipinski definition) is 1. The van der Waals surface area contributed by atoms with Crippen LogP contribution in [0.4, 0.5) is 17.6 Å². The Hall–Kier alpha value is -2.94. The van der Waals surface area contributed by atoms with Crippen LogP contribution in [0.25, 0.3) is 0 Å². The summed E-state index contributed by atoms with van der Waals surface area (Å²) >= 11 is 0. The Kier molecular flexibility index (Phi) is 5.60. The van der Waals surface area contributed by atoms with Gasteiger partial charge in [0.05, 0.1) is 12.1 Å². The third-order valence-corrected chi connectivity index (χ3v) is 4.80. The van der Waals surface area contributed by atoms with Gasteiger partial charge in [-0.25, -0.2) is 4.39 Å². The lowest BCUT2D eigenvalue weighted by Gasteiger charge is -2.32. The van der Waals surface area contributed by atoms with Crippen molar-refractivity contribution in [3.8, 4) is 5.75 Å². The van der Waals surface area contributed by atoms with Gasteiger partial charge in [-0.3, -0.25) is 4.79 Å². The summed E-state index contributed by atoms with van der Waals surface area (Å²) in [5.41, 5.74) is -1.12. The van der Waals surface area contributed by atoms with Crippen LogP contribution in [-0.4, -0.2) is 40.2 Å². The van der Waals surface area contributed by atoms with Crippen molar-refractivity contribution >= 4 is 11.6 Å². The number of carbonyl (C=O) groups excluding carboxylic acids is 1. The number of alkyl halides is 3. The second kappa shape index (κ2) is 7.71. The Morgan fingerprint density at radius 3 is 2.27 bits per heavy atom. The number of benzene rings is 2. The molecule has 0 radical (unpaired) electrons. The van der Waals surface area contributed by atoms with Crippen molar-refractivity contribution < 1.29 is 32.2 Å². The van der Waals surface area contributed by atoms with Gasteiger partial charge in [-0.1, -0.05) is 29.8 Å². The topological polar surface area (TPSA) is 62.1 Å². The molecular formula is C21H20F4N2O3. The van der Waals surface area contributed by atoms with Gasteiger partial charge in [0.1, 0.15) is 11.6 Å². The maximum absolute atomic E-state index is 13.6. The van der Waals surface area contributed by atoms with Crippen LogP contribution in [0.5, 0.6) is 5.75 Å². The van der Waals surface area contributed by atoms with E-state index in [0.717, 1.165) is 28.8 Å². The summed E-state index contributed by atoms with van der Waals surface area (Å²) in [6.45, 7) is 4.65. The summed E-state index contributed by atoms with van der Waals surface area (Å²) in [5.74, 6) is -1.36. The fourth-order valence-electron chi connectivity index (χ4n) is 3.42. The molecular weight excluding hydrogens is 404 g/mol. The van der Waals surface area contributed by atoms with Gasteiger partial charge in [-0.2, -0.15) is 23.3 Å². The predicted octanol–water partition coefficient (Wildman–Crippen LogP) is 4.02. The number of hydrazone groups is 1. The van der Waals surface area contributed by atoms with Crippen molar-refractivity contribution in [3.63, 3.8) is 0 Å². The molecule has 1 amide bonds. The van der Waals surface area contributed by atoms with Crippen LogP contribution in [0, 0.1) is 26.6 Å². The smallest absolute Gasteiger partial charge is 0.438 e. The van der Waals surface area contributed by atoms with Gasteiger partial charge in [0, 0.05) is 0 Å². The highest BCUT2D eigenvalue weighted by Gasteiger charge is 2.63. The van der Waals surface area contributed by atoms with Gasteiger partial charge in [-0.15, -0.1) is 0 Å². The van der Waals surface area contributed by atoms with Gasteiger partial charge >= 0.3 is 6.18 Å². The standard InChI is InChI=1S/C21H20F4N2O3/c1-12-8-13(2)19(14(3)9-12)30-11-18(28)27-20(29,21(23,24)25)10-17(26-27)15-4-6-16(22)7-5-15/h4-9,29H,10-11H2,1-3H3/t20-/m0/s1. The zero-order chi connectivity index (χ0) is 22.3. The van der Waals surface area contributed by atoms with E-state index in [1.807, 2.05) is 19.1 Å². The molecule has 0 aliphatic carbocycles. The van der Waals surface area contributed by atoms with E-state index < -0.39 is 36.7 Å². The molecule has 2 aromatic carbocycles. The zero-order valence-electron chi connectivity index (χ0n) is 16.5. The van der Waals surface area contributed by atoms with Crippen molar-refractivity contribution in [2.45, 2.75) is 39.1 Å². The molecule has 1 aliphatic heterocycles. The normalized spacial score (nSPS) is 19.1. The van der Waals surface area contributed by atoms with Gasteiger partial charge in [0.15, 0.2) is 6.61 Å². The minimum atomic E-state index is -5.16. The largest absolute Gasteiger partial charge is 0.483 e. The van der Waals surface area contributed by atoms with Crippen molar-refractivity contribution in [2.24, 2.45) is 5.10 Å². The predicted molar refractivity (Wildman–Crippen MR) is 102 cm³/mol. The number of aliphatic hydroxyl groups is 1. The molecule has 160 valence electrons. The highest BCUT2D eigenvalue weighted by Crippen LogP contribution is 2.41. The van der Waals surface area contributed by atoms with Gasteiger partial charge in [0.2, 0.25) is 0 Å². The molecule has 9 heteroatoms. The molecule has 0 aromatic heterocycles. The Bertz CT molecular complexity index is 979. The molecule has 1 aliphatic rings. The third kappa shape index (κ3) is 4.02. The molecule has 0 fully saturated rings. The molecule has 30 heavy (non-hydrogen) atoms. The van der Waals surface area contributed by atoms with Crippen LogP contribution in [0.1, 0.15) is 28.7 Å². The SMILES string of the molecule is Cc1cc(C)c(OCC(=O)N2N=C(c3ccc(F)cc3)C[C@]2(O)C(F)(F)F)c(C)c1. The van der Waals surface area contributed by atoms with Crippen LogP contribution < -0.4 is 4.74 Å². The van der Waals surface area contributed by atoms with Crippen molar-refractivity contribution in [1.29, 1.82) is 0 Å². The minimum Gasteiger partial charge on any atom is -0.483 e. The summed E-state index contributed by atoms with van der Waals surface area (Å²) in [4.78, 5) is 12.6. The first kappa shape index (κ1) is 21.8. The Morgan fingerprint density at radius 2 is 1.73 bits per heavy atom. The van der Waals surface area contributed by atoms with Crippen LogP contribution in [0.3, 0.4) is 0 Å². The average molecular weight is 424 g/mol. The number of halogens is 4. The number of amides is 1. The number of hydrogen-bond acceptors (Lipinski definition) is 4. The highest BCUT2D eigenvalue weighted by atomic mass is 19.4. The number of nitrogens with zero attached hydrogens (tertiary/aromatic N) is 2. The van der Waals surface area contributed by atoms with Gasteiger partial charge < -0.3 is 9.84 Å². The number of rotatable bonds is 4. The summed E-state index contributed by atoms with van der Waals surface area (Å²) in [6.07, 6.45) is -6.14. The van der Waals surface area contributed by atoms with Crippen LogP contribution in [0.15, 0.2) is 41.5 Å². The molecule has 0 saturated carbocycles. The molecule has 1 atom stereocenters. The van der Waals surface area contributed by atoms with Gasteiger partial charge in [-0.05, 0) is 49.6 Å². The highest BCUT2D eigenvalue weighted by molar-refractivity contribution is 6.03. The summed E-state index contributed by atoms with van der Waals surface area (Å²) in [5, 5.41) is 14.0. The lowest BCUT2D eigenvalue weighted by Crippen LogP contribution is -2.57. The van der Waals surface area contributed by atoms with E-state index in [4.69, 9.17) is 4.74 Å². The van der Waals surface area contributed by atoms with Crippen molar-refractivity contribution in [2.75, 3.05) is 6.61 Å². The van der Waals surface area contributed by atoms with Crippen LogP contribution in [-0.2, 0) is 4.79 Å². The number of carbonyl (C=O) groups is 1. The number of ether oxygens (including phenoxy) is 1. The first-order valence-corrected chi connectivity index (χ1v) is 9.08. The summed E-state index contributed by atoms with van der Waals surface area (Å²) < 4.78 is 59.5. The minimum absolute atomic E-state index is 0.00451. The maximum atomic E-state index is 13.6. The first-order valence-electron chi connectivity index (χ1n) is 9.08. The number of aryl methyl sites for hydroxylation is 3. The van der Waals surface area contributed by atoms with E-state index in [2.05, 4.69) is 5.10 Å². The monoisotopic (exact) mass is 424 g/mol. The van der Waals surface area contributed by atoms with E-state index in [1.165, 1.54) is 12.1 Å². The molecule has 1 heterocycles. The molecule has 5 nitrogen and oxygen atoms in total. The summed E-state index contributed by atoms with van der Waals surface area (Å²) in [6, 6.07) is 8.21. The van der Waals surface area contributed by atoms with Gasteiger partial charge in [0.25, 0.3) is 11.6 Å². The molecule has 0 unspecified atom stereocenters. The molecule has 1 N–H and O–H groups in total. The van der Waals surface area contributed by atoms with E-state index in [0.29, 0.717) is 5.75 Å². The van der Waals surface area contributed by atoms with Crippen LogP contribution >= 0.6 is 0 Å². The summed E-state index contributed by atoms with van der Waals surface area (Å²) in [7, 11) is 0. The molecule has 0 saturated heterocycles. The second-order valence-corrected chi connectivity index (χ2v) is 7.27. The fraction of sp³-hybridized carbons (Fsp3) is 0.333. The average Bonchev–Trinajstić information content (AvgIpc) is 3.00. The van der Waals surface area contributed by atoms with Crippen molar-refractivity contribution in [1.82, 2.24) is 5.01 Å². The zero-order valence-corrected chi connectivity index (χ0v) is 16.5. The molecule has 0 spiro atoms. The fourth-order valence-corrected chi connectivity index (χ4v) is 3.42. The molecule has 2 aromatic rings. The first-order chi connectivity index (χ1) is 13.9. The Balaban J connectivity index is 1.88. The Labute approximate surface area is 170 Å². The van der Waals surface area contributed by atoms with E-state index >= 15 is 0 Å². The van der Waals surface area contributed by atoms with E-state index in [9.17, 15) is 27.5 Å². The molecule has 0 bridgehead atoms. The lowest BCUT2D eigenvalue weighted by atomic mass is 10.0. The van der Waals surface area contributed by atoms with Crippen LogP contribution in [0.2, 0.25) is 0 Å². The van der Waals surface area contributed by atoms with Crippen molar-refractivity contribution in [3.05, 3.63) is 64.5 Å². The Morgan fingerprint density at radius 1 is 1.17 bits per heavy atom.